The van der Waals surface area contributed by atoms with Crippen LogP contribution in [-0.2, 0) is 14.8 Å². The van der Waals surface area contributed by atoms with Gasteiger partial charge in [0.25, 0.3) is 0 Å². The van der Waals surface area contributed by atoms with Crippen molar-refractivity contribution in [3.63, 3.8) is 0 Å². The summed E-state index contributed by atoms with van der Waals surface area (Å²) in [7, 11) is -3.43. The summed E-state index contributed by atoms with van der Waals surface area (Å²) in [6.45, 7) is 2.18. The number of anilines is 2. The van der Waals surface area contributed by atoms with Gasteiger partial charge in [-0.1, -0.05) is 35.9 Å². The molecule has 1 N–H and O–H groups in total. The Hall–Kier alpha value is -3.32. The zero-order valence-electron chi connectivity index (χ0n) is 17.6. The molecule has 0 heterocycles. The second-order valence-electron chi connectivity index (χ2n) is 7.26. The third-order valence-corrected chi connectivity index (χ3v) is 5.80. The van der Waals surface area contributed by atoms with E-state index in [1.807, 2.05) is 49.4 Å². The summed E-state index contributed by atoms with van der Waals surface area (Å²) in [5.41, 5.74) is 2.31. The zero-order valence-corrected chi connectivity index (χ0v) is 18.4. The van der Waals surface area contributed by atoms with Gasteiger partial charge in [-0.25, -0.2) is 8.42 Å². The summed E-state index contributed by atoms with van der Waals surface area (Å²) in [5.74, 6) is 1.24. The molecule has 0 bridgehead atoms. The highest BCUT2D eigenvalue weighted by Crippen LogP contribution is 2.23. The molecule has 6 nitrogen and oxygen atoms in total. The van der Waals surface area contributed by atoms with Gasteiger partial charge < -0.3 is 10.1 Å². The number of nitrogens with zero attached hydrogens (tertiary/aromatic N) is 1. The first kappa shape index (κ1) is 22.4. The molecule has 0 aromatic heterocycles. The molecule has 0 saturated carbocycles. The largest absolute Gasteiger partial charge is 0.457 e. The van der Waals surface area contributed by atoms with Gasteiger partial charge in [-0.05, 0) is 61.9 Å². The van der Waals surface area contributed by atoms with Crippen LogP contribution in [0.25, 0.3) is 0 Å². The first-order chi connectivity index (χ1) is 14.8. The number of ether oxygens (including phenoxy) is 1. The smallest absolute Gasteiger partial charge is 0.232 e. The fraction of sp³-hybridized carbons (Fsp3) is 0.208. The van der Waals surface area contributed by atoms with Crippen LogP contribution in [0.5, 0.6) is 11.5 Å². The van der Waals surface area contributed by atoms with Gasteiger partial charge in [-0.15, -0.1) is 0 Å². The molecule has 31 heavy (non-hydrogen) atoms. The lowest BCUT2D eigenvalue weighted by atomic mass is 10.2. The van der Waals surface area contributed by atoms with E-state index in [1.165, 1.54) is 10.6 Å². The number of aryl methyl sites for hydroxylation is 1. The molecule has 0 aliphatic rings. The Morgan fingerprint density at radius 3 is 2.13 bits per heavy atom. The maximum Gasteiger partial charge on any atom is 0.232 e. The van der Waals surface area contributed by atoms with E-state index in [1.54, 1.807) is 36.4 Å². The standard InChI is InChI=1S/C24H26N2O4S/c1-19-10-14-21(15-11-19)26(31(2,28)29)18-6-9-24(27)25-20-12-16-23(17-13-20)30-22-7-4-3-5-8-22/h3-5,7-8,10-17H,6,9,18H2,1-2H3,(H,25,27). The van der Waals surface area contributed by atoms with Crippen LogP contribution in [0.1, 0.15) is 18.4 Å². The second kappa shape index (κ2) is 10.1. The molecule has 3 aromatic rings. The normalized spacial score (nSPS) is 11.0. The Balaban J connectivity index is 1.51. The lowest BCUT2D eigenvalue weighted by Crippen LogP contribution is -2.31. The van der Waals surface area contributed by atoms with Crippen LogP contribution in [-0.4, -0.2) is 27.1 Å². The minimum atomic E-state index is -3.43. The average molecular weight is 439 g/mol. The number of hydrogen-bond donors (Lipinski definition) is 1. The highest BCUT2D eigenvalue weighted by atomic mass is 32.2. The van der Waals surface area contributed by atoms with Crippen LogP contribution in [0.2, 0.25) is 0 Å². The van der Waals surface area contributed by atoms with Crippen molar-refractivity contribution in [2.75, 3.05) is 22.4 Å². The monoisotopic (exact) mass is 438 g/mol. The van der Waals surface area contributed by atoms with Crippen LogP contribution in [0.4, 0.5) is 11.4 Å². The summed E-state index contributed by atoms with van der Waals surface area (Å²) in [6.07, 6.45) is 1.79. The molecule has 0 spiro atoms. The van der Waals surface area contributed by atoms with Crippen LogP contribution in [0, 0.1) is 6.92 Å². The lowest BCUT2D eigenvalue weighted by Gasteiger charge is -2.22. The molecule has 162 valence electrons. The van der Waals surface area contributed by atoms with Crippen LogP contribution in [0.3, 0.4) is 0 Å². The molecule has 0 fully saturated rings. The van der Waals surface area contributed by atoms with E-state index in [0.29, 0.717) is 23.5 Å². The maximum atomic E-state index is 12.3. The third-order valence-electron chi connectivity index (χ3n) is 4.60. The average Bonchev–Trinajstić information content (AvgIpc) is 2.73. The van der Waals surface area contributed by atoms with Gasteiger partial charge in [-0.3, -0.25) is 9.10 Å². The molecule has 0 aliphatic carbocycles. The topological polar surface area (TPSA) is 75.7 Å². The van der Waals surface area contributed by atoms with Gasteiger partial charge in [0.15, 0.2) is 0 Å². The molecule has 0 atom stereocenters. The quantitative estimate of drug-likeness (QED) is 0.512. The van der Waals surface area contributed by atoms with E-state index in [2.05, 4.69) is 5.32 Å². The number of para-hydroxylation sites is 1. The number of nitrogens with one attached hydrogen (secondary N) is 1. The van der Waals surface area contributed by atoms with Gasteiger partial charge in [0.05, 0.1) is 11.9 Å². The summed E-state index contributed by atoms with van der Waals surface area (Å²) >= 11 is 0. The second-order valence-corrected chi connectivity index (χ2v) is 9.17. The van der Waals surface area contributed by atoms with Crippen molar-refractivity contribution >= 4 is 27.3 Å². The maximum absolute atomic E-state index is 12.3. The van der Waals surface area contributed by atoms with Crippen LogP contribution in [0.15, 0.2) is 78.9 Å². The summed E-state index contributed by atoms with van der Waals surface area (Å²) < 4.78 is 31.4. The molecule has 3 aromatic carbocycles. The Morgan fingerprint density at radius 1 is 0.903 bits per heavy atom. The predicted molar refractivity (Wildman–Crippen MR) is 124 cm³/mol. The van der Waals surface area contributed by atoms with Crippen molar-refractivity contribution in [1.29, 1.82) is 0 Å². The van der Waals surface area contributed by atoms with Crippen molar-refractivity contribution < 1.29 is 17.9 Å². The minimum absolute atomic E-state index is 0.172. The molecule has 0 unspecified atom stereocenters. The molecule has 1 amide bonds. The van der Waals surface area contributed by atoms with Gasteiger partial charge in [0.2, 0.25) is 15.9 Å². The van der Waals surface area contributed by atoms with Gasteiger partial charge in [-0.2, -0.15) is 0 Å². The Labute approximate surface area is 183 Å². The summed E-state index contributed by atoms with van der Waals surface area (Å²) in [5, 5.41) is 2.83. The van der Waals surface area contributed by atoms with E-state index >= 15 is 0 Å². The Kier molecular flexibility index (Phi) is 7.31. The number of hydrogen-bond acceptors (Lipinski definition) is 4. The molecular weight excluding hydrogens is 412 g/mol. The fourth-order valence-electron chi connectivity index (χ4n) is 3.04. The highest BCUT2D eigenvalue weighted by Gasteiger charge is 2.17. The van der Waals surface area contributed by atoms with E-state index in [0.717, 1.165) is 11.3 Å². The van der Waals surface area contributed by atoms with E-state index in [-0.39, 0.29) is 18.9 Å². The zero-order chi connectivity index (χ0) is 22.3. The van der Waals surface area contributed by atoms with E-state index in [9.17, 15) is 13.2 Å². The van der Waals surface area contributed by atoms with Crippen LogP contribution >= 0.6 is 0 Å². The summed E-state index contributed by atoms with van der Waals surface area (Å²) in [6, 6.07) is 23.8. The van der Waals surface area contributed by atoms with Crippen molar-refractivity contribution in [2.24, 2.45) is 0 Å². The first-order valence-electron chi connectivity index (χ1n) is 9.98. The Morgan fingerprint density at radius 2 is 1.52 bits per heavy atom. The van der Waals surface area contributed by atoms with Crippen molar-refractivity contribution in [3.8, 4) is 11.5 Å². The minimum Gasteiger partial charge on any atom is -0.457 e. The van der Waals surface area contributed by atoms with Crippen molar-refractivity contribution in [1.82, 2.24) is 0 Å². The number of benzene rings is 3. The third kappa shape index (κ3) is 6.86. The van der Waals surface area contributed by atoms with Gasteiger partial charge in [0.1, 0.15) is 11.5 Å². The molecule has 0 radical (unpaired) electrons. The first-order valence-corrected chi connectivity index (χ1v) is 11.8. The van der Waals surface area contributed by atoms with Crippen molar-refractivity contribution in [2.45, 2.75) is 19.8 Å². The van der Waals surface area contributed by atoms with Crippen molar-refractivity contribution in [3.05, 3.63) is 84.4 Å². The molecule has 3 rings (SSSR count). The molecular formula is C24H26N2O4S. The van der Waals surface area contributed by atoms with Gasteiger partial charge in [0, 0.05) is 18.7 Å². The SMILES string of the molecule is Cc1ccc(N(CCCC(=O)Nc2ccc(Oc3ccccc3)cc2)S(C)(=O)=O)cc1. The van der Waals surface area contributed by atoms with Gasteiger partial charge >= 0.3 is 0 Å². The molecule has 7 heteroatoms. The lowest BCUT2D eigenvalue weighted by molar-refractivity contribution is -0.116. The van der Waals surface area contributed by atoms with E-state index < -0.39 is 10.0 Å². The van der Waals surface area contributed by atoms with Crippen LogP contribution < -0.4 is 14.4 Å². The number of carbonyl (C=O) groups excluding carboxylic acids is 1. The number of carbonyl (C=O) groups is 1. The van der Waals surface area contributed by atoms with E-state index in [4.69, 9.17) is 4.74 Å². The number of sulfonamides is 1. The summed E-state index contributed by atoms with van der Waals surface area (Å²) in [4.78, 5) is 12.3. The fourth-order valence-corrected chi connectivity index (χ4v) is 4.00. The molecule has 0 saturated heterocycles. The number of amides is 1. The Bertz CT molecular complexity index is 1100. The molecule has 0 aliphatic heterocycles. The predicted octanol–water partition coefficient (Wildman–Crippen LogP) is 4.97. The number of rotatable bonds is 9. The highest BCUT2D eigenvalue weighted by molar-refractivity contribution is 7.92.